The molecule has 122 valence electrons. The zero-order valence-electron chi connectivity index (χ0n) is 13.9. The van der Waals surface area contributed by atoms with E-state index in [4.69, 9.17) is 4.74 Å². The van der Waals surface area contributed by atoms with E-state index in [9.17, 15) is 4.79 Å². The molecule has 1 N–H and O–H groups in total. The van der Waals surface area contributed by atoms with E-state index in [0.29, 0.717) is 17.9 Å². The minimum Gasteiger partial charge on any atom is -0.496 e. The average Bonchev–Trinajstić information content (AvgIpc) is 2.97. The van der Waals surface area contributed by atoms with Crippen molar-refractivity contribution in [3.63, 3.8) is 0 Å². The Labute approximate surface area is 141 Å². The fourth-order valence-electron chi connectivity index (χ4n) is 3.50. The van der Waals surface area contributed by atoms with Gasteiger partial charge < -0.3 is 14.6 Å². The molecule has 0 bridgehead atoms. The SMILES string of the molecule is COc1ccccc1C(=O)N1CCc2[nH]c3cc(C)ccc3c2C1. The number of ether oxygens (including phenoxy) is 1. The van der Waals surface area contributed by atoms with Crippen LogP contribution >= 0.6 is 0 Å². The third kappa shape index (κ3) is 2.35. The van der Waals surface area contributed by atoms with Gasteiger partial charge in [0, 0.05) is 41.7 Å². The van der Waals surface area contributed by atoms with Crippen LogP contribution in [-0.2, 0) is 13.0 Å². The molecule has 3 aromatic rings. The molecule has 4 heteroatoms. The molecule has 0 radical (unpaired) electrons. The van der Waals surface area contributed by atoms with Crippen LogP contribution in [0.1, 0.15) is 27.2 Å². The van der Waals surface area contributed by atoms with Crippen LogP contribution in [0, 0.1) is 6.92 Å². The first-order valence-corrected chi connectivity index (χ1v) is 8.20. The van der Waals surface area contributed by atoms with Crippen LogP contribution in [0.2, 0.25) is 0 Å². The molecule has 0 saturated heterocycles. The van der Waals surface area contributed by atoms with Crippen LogP contribution in [0.25, 0.3) is 10.9 Å². The highest BCUT2D eigenvalue weighted by Gasteiger charge is 2.26. The average molecular weight is 320 g/mol. The number of methoxy groups -OCH3 is 1. The first-order valence-electron chi connectivity index (χ1n) is 8.20. The maximum Gasteiger partial charge on any atom is 0.257 e. The lowest BCUT2D eigenvalue weighted by Gasteiger charge is -2.28. The van der Waals surface area contributed by atoms with Gasteiger partial charge in [0.15, 0.2) is 0 Å². The Kier molecular flexibility index (Phi) is 3.53. The molecule has 0 atom stereocenters. The van der Waals surface area contributed by atoms with Gasteiger partial charge >= 0.3 is 0 Å². The summed E-state index contributed by atoms with van der Waals surface area (Å²) in [6.07, 6.45) is 0.851. The molecule has 0 spiro atoms. The Morgan fingerprint density at radius 2 is 2.04 bits per heavy atom. The van der Waals surface area contributed by atoms with Gasteiger partial charge in [-0.15, -0.1) is 0 Å². The second kappa shape index (κ2) is 5.71. The lowest BCUT2D eigenvalue weighted by atomic mass is 10.0. The molecule has 24 heavy (non-hydrogen) atoms. The van der Waals surface area contributed by atoms with Crippen molar-refractivity contribution >= 4 is 16.8 Å². The van der Waals surface area contributed by atoms with E-state index < -0.39 is 0 Å². The number of aromatic nitrogens is 1. The summed E-state index contributed by atoms with van der Waals surface area (Å²) in [6.45, 7) is 3.45. The molecule has 0 saturated carbocycles. The second-order valence-corrected chi connectivity index (χ2v) is 6.31. The van der Waals surface area contributed by atoms with E-state index >= 15 is 0 Å². The van der Waals surface area contributed by atoms with E-state index in [1.54, 1.807) is 7.11 Å². The number of hydrogen-bond donors (Lipinski definition) is 1. The number of para-hydroxylation sites is 1. The van der Waals surface area contributed by atoms with Crippen LogP contribution in [0.5, 0.6) is 5.75 Å². The Bertz CT molecular complexity index is 927. The molecular weight excluding hydrogens is 300 g/mol. The van der Waals surface area contributed by atoms with Gasteiger partial charge in [0.25, 0.3) is 5.91 Å². The summed E-state index contributed by atoms with van der Waals surface area (Å²) in [5.74, 6) is 0.655. The summed E-state index contributed by atoms with van der Waals surface area (Å²) in [7, 11) is 1.60. The van der Waals surface area contributed by atoms with Gasteiger partial charge in [-0.3, -0.25) is 4.79 Å². The van der Waals surface area contributed by atoms with Gasteiger partial charge in [0.1, 0.15) is 5.75 Å². The Morgan fingerprint density at radius 3 is 2.88 bits per heavy atom. The van der Waals surface area contributed by atoms with Crippen molar-refractivity contribution in [1.29, 1.82) is 0 Å². The predicted molar refractivity (Wildman–Crippen MR) is 94.5 cm³/mol. The summed E-state index contributed by atoms with van der Waals surface area (Å²) in [5.41, 5.74) is 5.51. The van der Waals surface area contributed by atoms with Crippen molar-refractivity contribution in [1.82, 2.24) is 9.88 Å². The number of H-pyrrole nitrogens is 1. The largest absolute Gasteiger partial charge is 0.496 e. The standard InChI is InChI=1S/C20H20N2O2/c1-13-7-8-14-16-12-22(10-9-17(16)21-18(14)11-13)20(23)15-5-3-4-6-19(15)24-2/h3-8,11,21H,9-10,12H2,1-2H3. The van der Waals surface area contributed by atoms with Crippen molar-refractivity contribution < 1.29 is 9.53 Å². The first kappa shape index (κ1) is 14.8. The minimum atomic E-state index is 0.0274. The molecule has 0 aliphatic carbocycles. The van der Waals surface area contributed by atoms with Crippen LogP contribution in [0.15, 0.2) is 42.5 Å². The zero-order chi connectivity index (χ0) is 16.7. The molecule has 2 aromatic carbocycles. The van der Waals surface area contributed by atoms with Gasteiger partial charge in [-0.2, -0.15) is 0 Å². The van der Waals surface area contributed by atoms with Gasteiger partial charge in [-0.1, -0.05) is 24.3 Å². The van der Waals surface area contributed by atoms with Crippen LogP contribution in [-0.4, -0.2) is 29.4 Å². The number of carbonyl (C=O) groups excluding carboxylic acids is 1. The minimum absolute atomic E-state index is 0.0274. The smallest absolute Gasteiger partial charge is 0.257 e. The van der Waals surface area contributed by atoms with Gasteiger partial charge in [-0.25, -0.2) is 0 Å². The summed E-state index contributed by atoms with van der Waals surface area (Å²) in [4.78, 5) is 18.4. The number of rotatable bonds is 2. The molecular formula is C20H20N2O2. The van der Waals surface area contributed by atoms with Crippen molar-refractivity contribution in [2.75, 3.05) is 13.7 Å². The van der Waals surface area contributed by atoms with E-state index in [2.05, 4.69) is 30.1 Å². The van der Waals surface area contributed by atoms with Crippen molar-refractivity contribution in [2.24, 2.45) is 0 Å². The van der Waals surface area contributed by atoms with E-state index in [1.165, 1.54) is 22.2 Å². The molecule has 4 rings (SSSR count). The summed E-state index contributed by atoms with van der Waals surface area (Å²) in [6, 6.07) is 13.9. The van der Waals surface area contributed by atoms with Gasteiger partial charge in [-0.05, 0) is 30.7 Å². The molecule has 4 nitrogen and oxygen atoms in total. The Hall–Kier alpha value is -2.75. The highest BCUT2D eigenvalue weighted by atomic mass is 16.5. The molecule has 1 aromatic heterocycles. The predicted octanol–water partition coefficient (Wildman–Crippen LogP) is 3.68. The van der Waals surface area contributed by atoms with Crippen molar-refractivity contribution in [3.05, 3.63) is 64.8 Å². The fourth-order valence-corrected chi connectivity index (χ4v) is 3.50. The summed E-state index contributed by atoms with van der Waals surface area (Å²) < 4.78 is 5.34. The van der Waals surface area contributed by atoms with E-state index in [0.717, 1.165) is 18.5 Å². The molecule has 0 fully saturated rings. The number of hydrogen-bond acceptors (Lipinski definition) is 2. The Morgan fingerprint density at radius 1 is 1.21 bits per heavy atom. The summed E-state index contributed by atoms with van der Waals surface area (Å²) in [5, 5.41) is 1.22. The highest BCUT2D eigenvalue weighted by Crippen LogP contribution is 2.30. The van der Waals surface area contributed by atoms with Crippen LogP contribution in [0.4, 0.5) is 0 Å². The van der Waals surface area contributed by atoms with Crippen molar-refractivity contribution in [2.45, 2.75) is 19.9 Å². The highest BCUT2D eigenvalue weighted by molar-refractivity contribution is 5.97. The van der Waals surface area contributed by atoms with E-state index in [1.807, 2.05) is 29.2 Å². The fraction of sp³-hybridized carbons (Fsp3) is 0.250. The first-order chi connectivity index (χ1) is 11.7. The Balaban J connectivity index is 1.69. The maximum absolute atomic E-state index is 12.9. The topological polar surface area (TPSA) is 45.3 Å². The number of nitrogens with zero attached hydrogens (tertiary/aromatic N) is 1. The summed E-state index contributed by atoms with van der Waals surface area (Å²) >= 11 is 0. The monoisotopic (exact) mass is 320 g/mol. The number of fused-ring (bicyclic) bond motifs is 3. The second-order valence-electron chi connectivity index (χ2n) is 6.31. The number of benzene rings is 2. The molecule has 1 aliphatic heterocycles. The lowest BCUT2D eigenvalue weighted by Crippen LogP contribution is -2.36. The number of nitrogens with one attached hydrogen (secondary N) is 1. The maximum atomic E-state index is 12.9. The normalized spacial score (nSPS) is 13.8. The van der Waals surface area contributed by atoms with Crippen LogP contribution in [0.3, 0.4) is 0 Å². The molecule has 2 heterocycles. The third-order valence-electron chi connectivity index (χ3n) is 4.76. The van der Waals surface area contributed by atoms with Gasteiger partial charge in [0.2, 0.25) is 0 Å². The van der Waals surface area contributed by atoms with Crippen LogP contribution < -0.4 is 4.74 Å². The quantitative estimate of drug-likeness (QED) is 0.783. The third-order valence-corrected chi connectivity index (χ3v) is 4.76. The molecule has 1 aliphatic rings. The number of carbonyl (C=O) groups is 1. The van der Waals surface area contributed by atoms with Crippen molar-refractivity contribution in [3.8, 4) is 5.75 Å². The molecule has 0 unspecified atom stereocenters. The zero-order valence-corrected chi connectivity index (χ0v) is 13.9. The number of aryl methyl sites for hydroxylation is 1. The number of aromatic amines is 1. The van der Waals surface area contributed by atoms with Gasteiger partial charge in [0.05, 0.1) is 12.7 Å². The van der Waals surface area contributed by atoms with E-state index in [-0.39, 0.29) is 5.91 Å². The molecule has 1 amide bonds. The number of amides is 1. The lowest BCUT2D eigenvalue weighted by molar-refractivity contribution is 0.0731.